The maximum Gasteiger partial charge on any atom is 0.260 e. The molecule has 0 radical (unpaired) electrons. The Labute approximate surface area is 169 Å². The Balaban J connectivity index is 1.95. The van der Waals surface area contributed by atoms with E-state index in [2.05, 4.69) is 16.2 Å². The SMILES string of the molecule is Cc1ccccc1C(=O)N[C@H](CC(C)C)C(=O)NNC(=O)Cc1ccc(F)cc1. The van der Waals surface area contributed by atoms with E-state index < -0.39 is 17.9 Å². The first-order chi connectivity index (χ1) is 13.8. The minimum absolute atomic E-state index is 0.00895. The number of amides is 3. The lowest BCUT2D eigenvalue weighted by Crippen LogP contribution is -2.53. The summed E-state index contributed by atoms with van der Waals surface area (Å²) in [5.41, 5.74) is 6.62. The molecule has 0 aliphatic rings. The molecule has 0 aromatic heterocycles. The Morgan fingerprint density at radius 1 is 0.966 bits per heavy atom. The van der Waals surface area contributed by atoms with E-state index >= 15 is 0 Å². The molecule has 1 atom stereocenters. The van der Waals surface area contributed by atoms with Crippen molar-refractivity contribution in [1.82, 2.24) is 16.2 Å². The molecule has 0 aliphatic carbocycles. The first kappa shape index (κ1) is 22.1. The number of halogens is 1. The normalized spacial score (nSPS) is 11.6. The van der Waals surface area contributed by atoms with Crippen LogP contribution in [0.1, 0.15) is 41.8 Å². The highest BCUT2D eigenvalue weighted by Crippen LogP contribution is 2.10. The fraction of sp³-hybridized carbons (Fsp3) is 0.318. The van der Waals surface area contributed by atoms with Gasteiger partial charge in [-0.3, -0.25) is 25.2 Å². The summed E-state index contributed by atoms with van der Waals surface area (Å²) in [6, 6.07) is 11.8. The average molecular weight is 399 g/mol. The van der Waals surface area contributed by atoms with Gasteiger partial charge in [-0.15, -0.1) is 0 Å². The molecule has 0 aliphatic heterocycles. The van der Waals surface area contributed by atoms with Gasteiger partial charge in [-0.05, 0) is 48.6 Å². The van der Waals surface area contributed by atoms with Crippen molar-refractivity contribution in [3.05, 3.63) is 71.0 Å². The summed E-state index contributed by atoms with van der Waals surface area (Å²) in [7, 11) is 0. The minimum Gasteiger partial charge on any atom is -0.340 e. The predicted molar refractivity (Wildman–Crippen MR) is 108 cm³/mol. The van der Waals surface area contributed by atoms with Gasteiger partial charge in [0.25, 0.3) is 11.8 Å². The number of rotatable bonds is 7. The van der Waals surface area contributed by atoms with Crippen molar-refractivity contribution < 1.29 is 18.8 Å². The summed E-state index contributed by atoms with van der Waals surface area (Å²) in [6.45, 7) is 5.70. The molecule has 3 N–H and O–H groups in total. The number of carbonyl (C=O) groups excluding carboxylic acids is 3. The molecule has 0 heterocycles. The topological polar surface area (TPSA) is 87.3 Å². The van der Waals surface area contributed by atoms with Crippen LogP contribution in [0.3, 0.4) is 0 Å². The van der Waals surface area contributed by atoms with Crippen molar-refractivity contribution >= 4 is 17.7 Å². The second-order valence-electron chi connectivity index (χ2n) is 7.31. The lowest BCUT2D eigenvalue weighted by molar-refractivity contribution is -0.129. The number of hydrogen-bond acceptors (Lipinski definition) is 3. The lowest BCUT2D eigenvalue weighted by Gasteiger charge is -2.21. The molecule has 7 heteroatoms. The number of hydrogen-bond donors (Lipinski definition) is 3. The molecule has 29 heavy (non-hydrogen) atoms. The van der Waals surface area contributed by atoms with Gasteiger partial charge in [-0.25, -0.2) is 4.39 Å². The van der Waals surface area contributed by atoms with Crippen LogP contribution in [-0.4, -0.2) is 23.8 Å². The highest BCUT2D eigenvalue weighted by atomic mass is 19.1. The predicted octanol–water partition coefficient (Wildman–Crippen LogP) is 2.67. The third kappa shape index (κ3) is 7.03. The van der Waals surface area contributed by atoms with Crippen molar-refractivity contribution in [3.63, 3.8) is 0 Å². The van der Waals surface area contributed by atoms with Crippen molar-refractivity contribution in [3.8, 4) is 0 Å². The third-order valence-electron chi connectivity index (χ3n) is 4.32. The van der Waals surface area contributed by atoms with Crippen molar-refractivity contribution in [2.75, 3.05) is 0 Å². The van der Waals surface area contributed by atoms with Crippen LogP contribution in [0.4, 0.5) is 4.39 Å². The minimum atomic E-state index is -0.798. The Bertz CT molecular complexity index is 866. The van der Waals surface area contributed by atoms with Crippen LogP contribution < -0.4 is 16.2 Å². The first-order valence-corrected chi connectivity index (χ1v) is 9.46. The van der Waals surface area contributed by atoms with Gasteiger partial charge in [0.15, 0.2) is 0 Å². The molecule has 0 unspecified atom stereocenters. The smallest absolute Gasteiger partial charge is 0.260 e. The van der Waals surface area contributed by atoms with Gasteiger partial charge in [-0.2, -0.15) is 0 Å². The molecule has 2 rings (SSSR count). The van der Waals surface area contributed by atoms with Gasteiger partial charge in [-0.1, -0.05) is 44.2 Å². The molecule has 0 bridgehead atoms. The zero-order chi connectivity index (χ0) is 21.4. The van der Waals surface area contributed by atoms with Gasteiger partial charge in [0.2, 0.25) is 5.91 Å². The molecular formula is C22H26FN3O3. The number of carbonyl (C=O) groups is 3. The van der Waals surface area contributed by atoms with E-state index in [0.717, 1.165) is 5.56 Å². The van der Waals surface area contributed by atoms with Crippen LogP contribution >= 0.6 is 0 Å². The Morgan fingerprint density at radius 3 is 2.24 bits per heavy atom. The van der Waals surface area contributed by atoms with Crippen molar-refractivity contribution in [1.29, 1.82) is 0 Å². The molecular weight excluding hydrogens is 373 g/mol. The summed E-state index contributed by atoms with van der Waals surface area (Å²) < 4.78 is 12.9. The van der Waals surface area contributed by atoms with Gasteiger partial charge in [0.05, 0.1) is 6.42 Å². The Morgan fingerprint density at radius 2 is 1.62 bits per heavy atom. The Kier molecular flexibility index (Phi) is 7.88. The molecule has 0 fully saturated rings. The third-order valence-corrected chi connectivity index (χ3v) is 4.32. The zero-order valence-electron chi connectivity index (χ0n) is 16.8. The van der Waals surface area contributed by atoms with E-state index in [4.69, 9.17) is 0 Å². The fourth-order valence-corrected chi connectivity index (χ4v) is 2.82. The van der Waals surface area contributed by atoms with Crippen LogP contribution in [0.5, 0.6) is 0 Å². The lowest BCUT2D eigenvalue weighted by atomic mass is 10.0. The first-order valence-electron chi connectivity index (χ1n) is 9.46. The number of hydrazine groups is 1. The highest BCUT2D eigenvalue weighted by molar-refractivity contribution is 5.98. The maximum absolute atomic E-state index is 12.9. The van der Waals surface area contributed by atoms with Gasteiger partial charge in [0, 0.05) is 5.56 Å². The number of nitrogens with one attached hydrogen (secondary N) is 3. The largest absolute Gasteiger partial charge is 0.340 e. The van der Waals surface area contributed by atoms with Crippen molar-refractivity contribution in [2.24, 2.45) is 5.92 Å². The van der Waals surface area contributed by atoms with E-state index in [1.807, 2.05) is 32.9 Å². The average Bonchev–Trinajstić information content (AvgIpc) is 2.67. The summed E-state index contributed by atoms with van der Waals surface area (Å²) in [4.78, 5) is 37.1. The standard InChI is InChI=1S/C22H26FN3O3/c1-14(2)12-19(24-21(28)18-7-5-4-6-15(18)3)22(29)26-25-20(27)13-16-8-10-17(23)11-9-16/h4-11,14,19H,12-13H2,1-3H3,(H,24,28)(H,25,27)(H,26,29)/t19-/m1/s1. The van der Waals surface area contributed by atoms with Gasteiger partial charge < -0.3 is 5.32 Å². The molecule has 2 aromatic carbocycles. The molecule has 154 valence electrons. The maximum atomic E-state index is 12.9. The van der Waals surface area contributed by atoms with Gasteiger partial charge >= 0.3 is 0 Å². The van der Waals surface area contributed by atoms with Gasteiger partial charge in [0.1, 0.15) is 11.9 Å². The summed E-state index contributed by atoms with van der Waals surface area (Å²) in [6.07, 6.45) is 0.405. The number of aryl methyl sites for hydroxylation is 1. The quantitative estimate of drug-likeness (QED) is 0.626. The number of benzene rings is 2. The van der Waals surface area contributed by atoms with E-state index in [9.17, 15) is 18.8 Å². The van der Waals surface area contributed by atoms with E-state index in [1.54, 1.807) is 12.1 Å². The van der Waals surface area contributed by atoms with E-state index in [1.165, 1.54) is 24.3 Å². The van der Waals surface area contributed by atoms with Crippen LogP contribution in [0.15, 0.2) is 48.5 Å². The highest BCUT2D eigenvalue weighted by Gasteiger charge is 2.23. The van der Waals surface area contributed by atoms with Crippen molar-refractivity contribution in [2.45, 2.75) is 39.7 Å². The van der Waals surface area contributed by atoms with E-state index in [-0.39, 0.29) is 24.1 Å². The molecule has 0 spiro atoms. The van der Waals surface area contributed by atoms with E-state index in [0.29, 0.717) is 17.5 Å². The fourth-order valence-electron chi connectivity index (χ4n) is 2.82. The van der Waals surface area contributed by atoms with Crippen LogP contribution in [0.25, 0.3) is 0 Å². The Hall–Kier alpha value is -3.22. The second-order valence-corrected chi connectivity index (χ2v) is 7.31. The second kappa shape index (κ2) is 10.4. The molecule has 3 amide bonds. The summed E-state index contributed by atoms with van der Waals surface area (Å²) in [5, 5.41) is 2.74. The van der Waals surface area contributed by atoms with Crippen LogP contribution in [0, 0.1) is 18.7 Å². The zero-order valence-corrected chi connectivity index (χ0v) is 16.8. The summed E-state index contributed by atoms with van der Waals surface area (Å²) >= 11 is 0. The molecule has 0 saturated heterocycles. The molecule has 2 aromatic rings. The molecule has 0 saturated carbocycles. The molecule has 6 nitrogen and oxygen atoms in total. The summed E-state index contributed by atoms with van der Waals surface area (Å²) in [5.74, 6) is -1.53. The van der Waals surface area contributed by atoms with Crippen LogP contribution in [-0.2, 0) is 16.0 Å². The van der Waals surface area contributed by atoms with Crippen LogP contribution in [0.2, 0.25) is 0 Å². The monoisotopic (exact) mass is 399 g/mol.